The van der Waals surface area contributed by atoms with E-state index < -0.39 is 10.0 Å². The molecule has 0 aromatic carbocycles. The van der Waals surface area contributed by atoms with Crippen LogP contribution >= 0.6 is 0 Å². The quantitative estimate of drug-likeness (QED) is 0.547. The molecule has 1 N–H and O–H groups in total. The molecule has 0 aliphatic carbocycles. The molecule has 0 aromatic rings. The van der Waals surface area contributed by atoms with E-state index in [0.29, 0.717) is 5.70 Å². The Bertz CT molecular complexity index is 339. The number of allylic oxidation sites excluding steroid dienone is 4. The predicted octanol–water partition coefficient (Wildman–Crippen LogP) is 1.04. The second-order valence-corrected chi connectivity index (χ2v) is 4.44. The van der Waals surface area contributed by atoms with Gasteiger partial charge >= 0.3 is 0 Å². The van der Waals surface area contributed by atoms with Crippen molar-refractivity contribution in [2.75, 3.05) is 6.26 Å². The Kier molecular flexibility index (Phi) is 4.40. The lowest BCUT2D eigenvalue weighted by molar-refractivity contribution is 0.594. The Morgan fingerprint density at radius 3 is 2.31 bits per heavy atom. The molecule has 0 fully saturated rings. The average molecular weight is 202 g/mol. The monoisotopic (exact) mass is 202 g/mol. The van der Waals surface area contributed by atoms with Gasteiger partial charge in [0.25, 0.3) is 0 Å². The first kappa shape index (κ1) is 11.9. The van der Waals surface area contributed by atoms with Crippen molar-refractivity contribution in [2.45, 2.75) is 13.8 Å². The van der Waals surface area contributed by atoms with Gasteiger partial charge in [-0.25, -0.2) is 8.42 Å². The molecular formula is C8H14N2O2S. The number of aliphatic imine (C=N–C) groups is 1. The molecule has 0 heterocycles. The Morgan fingerprint density at radius 2 is 1.92 bits per heavy atom. The lowest BCUT2D eigenvalue weighted by Crippen LogP contribution is -2.19. The Morgan fingerprint density at radius 1 is 1.38 bits per heavy atom. The van der Waals surface area contributed by atoms with Crippen molar-refractivity contribution in [1.29, 1.82) is 0 Å². The lowest BCUT2D eigenvalue weighted by atomic mass is 10.4. The highest BCUT2D eigenvalue weighted by atomic mass is 32.2. The van der Waals surface area contributed by atoms with Gasteiger partial charge in [-0.15, -0.1) is 0 Å². The summed E-state index contributed by atoms with van der Waals surface area (Å²) in [4.78, 5) is 3.65. The summed E-state index contributed by atoms with van der Waals surface area (Å²) in [7, 11) is -3.17. The molecule has 0 unspecified atom stereocenters. The first-order valence-corrected chi connectivity index (χ1v) is 5.54. The fraction of sp³-hybridized carbons (Fsp3) is 0.375. The molecular weight excluding hydrogens is 188 g/mol. The molecule has 4 nitrogen and oxygen atoms in total. The fourth-order valence-electron chi connectivity index (χ4n) is 0.625. The maximum absolute atomic E-state index is 10.7. The van der Waals surface area contributed by atoms with Crippen LogP contribution in [0, 0.1) is 0 Å². The first-order chi connectivity index (χ1) is 5.85. The molecule has 0 rings (SSSR count). The molecule has 0 saturated heterocycles. The van der Waals surface area contributed by atoms with Crippen molar-refractivity contribution in [1.82, 2.24) is 4.72 Å². The molecule has 0 bridgehead atoms. The molecule has 0 aliphatic rings. The molecule has 0 aromatic heterocycles. The van der Waals surface area contributed by atoms with Crippen molar-refractivity contribution in [2.24, 2.45) is 4.99 Å². The highest BCUT2D eigenvalue weighted by Gasteiger charge is 1.97. The van der Waals surface area contributed by atoms with Crippen LogP contribution in [0.2, 0.25) is 0 Å². The molecule has 0 radical (unpaired) electrons. The summed E-state index contributed by atoms with van der Waals surface area (Å²) in [5.41, 5.74) is 1.28. The number of hydrogen-bond donors (Lipinski definition) is 1. The molecule has 0 aliphatic heterocycles. The zero-order chi connectivity index (χ0) is 10.5. The van der Waals surface area contributed by atoms with Crippen LogP contribution in [0.4, 0.5) is 0 Å². The highest BCUT2D eigenvalue weighted by molar-refractivity contribution is 7.88. The highest BCUT2D eigenvalue weighted by Crippen LogP contribution is 1.96. The number of rotatable bonds is 4. The van der Waals surface area contributed by atoms with Crippen LogP contribution in [0.15, 0.2) is 28.5 Å². The van der Waals surface area contributed by atoms with Gasteiger partial charge in [0.05, 0.1) is 6.26 Å². The summed E-state index contributed by atoms with van der Waals surface area (Å²) in [6.45, 7) is 6.76. The second kappa shape index (κ2) is 4.81. The fourth-order valence-corrected chi connectivity index (χ4v) is 1.28. The standard InChI is InChI=1S/C8H14N2O2S/c1-7(9-3)5-6-8(2)10-13(4,11)12/h5-6,10H,3H2,1-2,4H3/b7-5-,8-6+. The van der Waals surface area contributed by atoms with Crippen LogP contribution in [0.5, 0.6) is 0 Å². The number of sulfonamides is 1. The van der Waals surface area contributed by atoms with Crippen LogP contribution in [0.3, 0.4) is 0 Å². The van der Waals surface area contributed by atoms with E-state index in [1.54, 1.807) is 26.0 Å². The third-order valence-corrected chi connectivity index (χ3v) is 1.86. The van der Waals surface area contributed by atoms with E-state index in [0.717, 1.165) is 12.0 Å². The van der Waals surface area contributed by atoms with Gasteiger partial charge in [0.2, 0.25) is 10.0 Å². The van der Waals surface area contributed by atoms with E-state index in [1.165, 1.54) is 0 Å². The number of nitrogens with one attached hydrogen (secondary N) is 1. The molecule has 0 spiro atoms. The number of hydrogen-bond acceptors (Lipinski definition) is 3. The summed E-state index contributed by atoms with van der Waals surface area (Å²) in [6, 6.07) is 0. The van der Waals surface area contributed by atoms with Gasteiger partial charge in [0.1, 0.15) is 0 Å². The van der Waals surface area contributed by atoms with Gasteiger partial charge in [-0.2, -0.15) is 0 Å². The van der Waals surface area contributed by atoms with Gasteiger partial charge < -0.3 is 0 Å². The van der Waals surface area contributed by atoms with Crippen molar-refractivity contribution in [3.8, 4) is 0 Å². The Balaban J connectivity index is 4.44. The summed E-state index contributed by atoms with van der Waals surface area (Å²) in [6.07, 6.45) is 4.41. The number of nitrogens with zero attached hydrogens (tertiary/aromatic N) is 1. The maximum Gasteiger partial charge on any atom is 0.229 e. The third-order valence-electron chi connectivity index (χ3n) is 1.17. The zero-order valence-corrected chi connectivity index (χ0v) is 8.85. The third kappa shape index (κ3) is 7.27. The van der Waals surface area contributed by atoms with Crippen LogP contribution in [-0.4, -0.2) is 21.4 Å². The van der Waals surface area contributed by atoms with E-state index in [1.807, 2.05) is 0 Å². The van der Waals surface area contributed by atoms with Crippen LogP contribution < -0.4 is 4.72 Å². The van der Waals surface area contributed by atoms with E-state index >= 15 is 0 Å². The predicted molar refractivity (Wildman–Crippen MR) is 55.0 cm³/mol. The topological polar surface area (TPSA) is 58.5 Å². The molecule has 74 valence electrons. The minimum Gasteiger partial charge on any atom is -0.288 e. The molecule has 5 heteroatoms. The molecule has 0 amide bonds. The SMILES string of the molecule is C=N/C(C)=C\C=C(/C)NS(C)(=O)=O. The van der Waals surface area contributed by atoms with Crippen LogP contribution in [0.25, 0.3) is 0 Å². The summed E-state index contributed by atoms with van der Waals surface area (Å²) < 4.78 is 23.8. The molecule has 0 atom stereocenters. The van der Waals surface area contributed by atoms with Crippen LogP contribution in [0.1, 0.15) is 13.8 Å². The summed E-state index contributed by atoms with van der Waals surface area (Å²) >= 11 is 0. The van der Waals surface area contributed by atoms with E-state index in [4.69, 9.17) is 0 Å². The minimum atomic E-state index is -3.17. The largest absolute Gasteiger partial charge is 0.288 e. The zero-order valence-electron chi connectivity index (χ0n) is 8.03. The van der Waals surface area contributed by atoms with E-state index in [9.17, 15) is 8.42 Å². The smallest absolute Gasteiger partial charge is 0.229 e. The second-order valence-electron chi connectivity index (χ2n) is 2.69. The van der Waals surface area contributed by atoms with Crippen molar-refractivity contribution < 1.29 is 8.42 Å². The van der Waals surface area contributed by atoms with Crippen molar-refractivity contribution >= 4 is 16.7 Å². The van der Waals surface area contributed by atoms with Crippen molar-refractivity contribution in [3.63, 3.8) is 0 Å². The minimum absolute atomic E-state index is 0.547. The maximum atomic E-state index is 10.7. The van der Waals surface area contributed by atoms with E-state index in [2.05, 4.69) is 16.4 Å². The normalized spacial score (nSPS) is 14.1. The van der Waals surface area contributed by atoms with Crippen LogP contribution in [-0.2, 0) is 10.0 Å². The van der Waals surface area contributed by atoms with Gasteiger partial charge in [-0.1, -0.05) is 0 Å². The van der Waals surface area contributed by atoms with Gasteiger partial charge in [0.15, 0.2) is 0 Å². The van der Waals surface area contributed by atoms with E-state index in [-0.39, 0.29) is 0 Å². The summed E-state index contributed by atoms with van der Waals surface area (Å²) in [5.74, 6) is 0. The average Bonchev–Trinajstić information content (AvgIpc) is 1.97. The van der Waals surface area contributed by atoms with Gasteiger partial charge in [-0.05, 0) is 32.7 Å². The Labute approximate surface area is 79.1 Å². The Hall–Kier alpha value is -1.10. The first-order valence-electron chi connectivity index (χ1n) is 3.65. The van der Waals surface area contributed by atoms with Gasteiger partial charge in [-0.3, -0.25) is 9.71 Å². The molecule has 0 saturated carbocycles. The molecule has 13 heavy (non-hydrogen) atoms. The lowest BCUT2D eigenvalue weighted by Gasteiger charge is -2.01. The van der Waals surface area contributed by atoms with Gasteiger partial charge in [0, 0.05) is 11.4 Å². The van der Waals surface area contributed by atoms with Crippen molar-refractivity contribution in [3.05, 3.63) is 23.5 Å². The summed E-state index contributed by atoms with van der Waals surface area (Å²) in [5, 5.41) is 0.